The molecule has 1 aromatic carbocycles. The largest absolute Gasteiger partial charge is 0.393 e. The van der Waals surface area contributed by atoms with Crippen molar-refractivity contribution < 1.29 is 9.90 Å². The Morgan fingerprint density at radius 2 is 1.82 bits per heavy atom. The summed E-state index contributed by atoms with van der Waals surface area (Å²) < 4.78 is 0. The topological polar surface area (TPSA) is 65.5 Å². The van der Waals surface area contributed by atoms with Gasteiger partial charge in [0.2, 0.25) is 5.91 Å². The Bertz CT molecular complexity index is 754. The molecule has 0 radical (unpaired) electrons. The van der Waals surface area contributed by atoms with Crippen LogP contribution < -0.4 is 5.32 Å². The molecule has 148 valence electrons. The standard InChI is InChI=1S/C23H29N3O2/c27-20-14-19(15-20)23(21-8-4-5-11-24-21)25-22(28)16-26-12-9-18(10-13-26)17-6-2-1-3-7-17/h1-8,11,18-20,23,27H,9-10,12-16H2,(H,25,28). The van der Waals surface area contributed by atoms with Crippen LogP contribution in [0.5, 0.6) is 0 Å². The number of carbonyl (C=O) groups is 1. The number of hydrogen-bond donors (Lipinski definition) is 2. The maximum atomic E-state index is 12.7. The van der Waals surface area contributed by atoms with Crippen LogP contribution in [0.1, 0.15) is 48.9 Å². The summed E-state index contributed by atoms with van der Waals surface area (Å²) in [5, 5.41) is 12.9. The number of aliphatic hydroxyl groups excluding tert-OH is 1. The molecule has 2 heterocycles. The highest BCUT2D eigenvalue weighted by molar-refractivity contribution is 5.78. The van der Waals surface area contributed by atoms with Crippen molar-refractivity contribution in [2.75, 3.05) is 19.6 Å². The van der Waals surface area contributed by atoms with E-state index >= 15 is 0 Å². The minimum atomic E-state index is -0.245. The molecule has 28 heavy (non-hydrogen) atoms. The smallest absolute Gasteiger partial charge is 0.234 e. The number of carbonyl (C=O) groups excluding carboxylic acids is 1. The van der Waals surface area contributed by atoms with Crippen molar-refractivity contribution in [2.24, 2.45) is 5.92 Å². The van der Waals surface area contributed by atoms with Gasteiger partial charge in [0.1, 0.15) is 0 Å². The minimum Gasteiger partial charge on any atom is -0.393 e. The van der Waals surface area contributed by atoms with Gasteiger partial charge in [0.25, 0.3) is 0 Å². The van der Waals surface area contributed by atoms with Gasteiger partial charge in [-0.05, 0) is 68.3 Å². The number of likely N-dealkylation sites (tertiary alicyclic amines) is 1. The summed E-state index contributed by atoms with van der Waals surface area (Å²) in [6.45, 7) is 2.33. The minimum absolute atomic E-state index is 0.0511. The van der Waals surface area contributed by atoms with Crippen LogP contribution in [-0.2, 0) is 4.79 Å². The molecule has 1 saturated carbocycles. The van der Waals surface area contributed by atoms with Gasteiger partial charge < -0.3 is 10.4 Å². The molecule has 1 amide bonds. The van der Waals surface area contributed by atoms with E-state index < -0.39 is 0 Å². The quantitative estimate of drug-likeness (QED) is 0.810. The number of rotatable bonds is 6. The van der Waals surface area contributed by atoms with Crippen LogP contribution in [0.3, 0.4) is 0 Å². The highest BCUT2D eigenvalue weighted by Gasteiger charge is 2.36. The van der Waals surface area contributed by atoms with E-state index in [0.29, 0.717) is 12.5 Å². The number of benzene rings is 1. The Morgan fingerprint density at radius 1 is 1.11 bits per heavy atom. The number of nitrogens with one attached hydrogen (secondary N) is 1. The first-order valence-corrected chi connectivity index (χ1v) is 10.3. The lowest BCUT2D eigenvalue weighted by atomic mass is 9.76. The van der Waals surface area contributed by atoms with Gasteiger partial charge in [-0.1, -0.05) is 36.4 Å². The molecule has 0 spiro atoms. The predicted molar refractivity (Wildman–Crippen MR) is 109 cm³/mol. The predicted octanol–water partition coefficient (Wildman–Crippen LogP) is 2.89. The first-order valence-electron chi connectivity index (χ1n) is 10.3. The summed E-state index contributed by atoms with van der Waals surface area (Å²) in [6, 6.07) is 16.4. The third kappa shape index (κ3) is 4.59. The van der Waals surface area contributed by atoms with E-state index in [0.717, 1.165) is 44.5 Å². The fourth-order valence-corrected chi connectivity index (χ4v) is 4.47. The maximum absolute atomic E-state index is 12.7. The Labute approximate surface area is 166 Å². The zero-order valence-electron chi connectivity index (χ0n) is 16.2. The van der Waals surface area contributed by atoms with Gasteiger partial charge in [-0.2, -0.15) is 0 Å². The van der Waals surface area contributed by atoms with Crippen LogP contribution in [0.25, 0.3) is 0 Å². The summed E-state index contributed by atoms with van der Waals surface area (Å²) >= 11 is 0. The number of aliphatic hydroxyl groups is 1. The lowest BCUT2D eigenvalue weighted by molar-refractivity contribution is -0.124. The first-order chi connectivity index (χ1) is 13.7. The molecule has 1 aliphatic heterocycles. The van der Waals surface area contributed by atoms with E-state index in [1.54, 1.807) is 6.20 Å². The van der Waals surface area contributed by atoms with Crippen LogP contribution in [0.15, 0.2) is 54.7 Å². The molecule has 2 aromatic rings. The van der Waals surface area contributed by atoms with Crippen LogP contribution >= 0.6 is 0 Å². The van der Waals surface area contributed by atoms with Crippen LogP contribution in [0.4, 0.5) is 0 Å². The second kappa shape index (κ2) is 8.84. The van der Waals surface area contributed by atoms with Crippen molar-refractivity contribution in [3.8, 4) is 0 Å². The molecular formula is C23H29N3O2. The molecular weight excluding hydrogens is 350 g/mol. The third-order valence-corrected chi connectivity index (χ3v) is 6.17. The molecule has 4 rings (SSSR count). The molecule has 1 unspecified atom stereocenters. The molecule has 1 aliphatic carbocycles. The number of hydrogen-bond acceptors (Lipinski definition) is 4. The molecule has 2 fully saturated rings. The van der Waals surface area contributed by atoms with E-state index in [9.17, 15) is 9.90 Å². The zero-order valence-corrected chi connectivity index (χ0v) is 16.2. The van der Waals surface area contributed by atoms with Gasteiger partial charge in [-0.3, -0.25) is 14.7 Å². The summed E-state index contributed by atoms with van der Waals surface area (Å²) in [7, 11) is 0. The van der Waals surface area contributed by atoms with Crippen molar-refractivity contribution >= 4 is 5.91 Å². The fraction of sp³-hybridized carbons (Fsp3) is 0.478. The average molecular weight is 380 g/mol. The van der Waals surface area contributed by atoms with Crippen LogP contribution in [-0.4, -0.2) is 46.6 Å². The van der Waals surface area contributed by atoms with E-state index in [4.69, 9.17) is 0 Å². The lowest BCUT2D eigenvalue weighted by Crippen LogP contribution is -2.46. The number of amides is 1. The highest BCUT2D eigenvalue weighted by Crippen LogP contribution is 2.37. The Hall–Kier alpha value is -2.24. The van der Waals surface area contributed by atoms with Crippen molar-refractivity contribution in [1.29, 1.82) is 0 Å². The first kappa shape index (κ1) is 19.1. The van der Waals surface area contributed by atoms with Gasteiger partial charge in [0.05, 0.1) is 24.4 Å². The van der Waals surface area contributed by atoms with Gasteiger partial charge in [-0.15, -0.1) is 0 Å². The molecule has 1 atom stereocenters. The van der Waals surface area contributed by atoms with E-state index in [1.165, 1.54) is 5.56 Å². The molecule has 0 bridgehead atoms. The zero-order chi connectivity index (χ0) is 19.3. The molecule has 1 saturated heterocycles. The SMILES string of the molecule is O=C(CN1CCC(c2ccccc2)CC1)NC(c1ccccn1)C1CC(O)C1. The average Bonchev–Trinajstić information content (AvgIpc) is 2.72. The molecule has 5 nitrogen and oxygen atoms in total. The lowest BCUT2D eigenvalue weighted by Gasteiger charge is -2.38. The molecule has 2 N–H and O–H groups in total. The van der Waals surface area contributed by atoms with Crippen LogP contribution in [0.2, 0.25) is 0 Å². The molecule has 5 heteroatoms. The van der Waals surface area contributed by atoms with Crippen LogP contribution in [0, 0.1) is 5.92 Å². The van der Waals surface area contributed by atoms with E-state index in [1.807, 2.05) is 18.2 Å². The summed E-state index contributed by atoms with van der Waals surface area (Å²) in [5.41, 5.74) is 2.29. The van der Waals surface area contributed by atoms with E-state index in [2.05, 4.69) is 45.5 Å². The Balaban J connectivity index is 1.31. The van der Waals surface area contributed by atoms with Gasteiger partial charge in [-0.25, -0.2) is 0 Å². The van der Waals surface area contributed by atoms with E-state index in [-0.39, 0.29) is 24.0 Å². The van der Waals surface area contributed by atoms with Crippen molar-refractivity contribution in [1.82, 2.24) is 15.2 Å². The maximum Gasteiger partial charge on any atom is 0.234 e. The number of nitrogens with zero attached hydrogens (tertiary/aromatic N) is 2. The van der Waals surface area contributed by atoms with Crippen molar-refractivity contribution in [2.45, 2.75) is 43.7 Å². The third-order valence-electron chi connectivity index (χ3n) is 6.17. The van der Waals surface area contributed by atoms with Gasteiger partial charge >= 0.3 is 0 Å². The highest BCUT2D eigenvalue weighted by atomic mass is 16.3. The summed E-state index contributed by atoms with van der Waals surface area (Å²) in [5.74, 6) is 0.908. The van der Waals surface area contributed by atoms with Crippen molar-refractivity contribution in [3.63, 3.8) is 0 Å². The second-order valence-corrected chi connectivity index (χ2v) is 8.15. The monoisotopic (exact) mass is 379 g/mol. The number of pyridine rings is 1. The molecule has 1 aromatic heterocycles. The Morgan fingerprint density at radius 3 is 2.46 bits per heavy atom. The van der Waals surface area contributed by atoms with Gasteiger partial charge in [0, 0.05) is 6.20 Å². The number of piperidine rings is 1. The van der Waals surface area contributed by atoms with Crippen molar-refractivity contribution in [3.05, 3.63) is 66.0 Å². The fourth-order valence-electron chi connectivity index (χ4n) is 4.47. The normalized spacial score (nSPS) is 24.3. The molecule has 2 aliphatic rings. The summed E-state index contributed by atoms with van der Waals surface area (Å²) in [6.07, 6.45) is 5.16. The second-order valence-electron chi connectivity index (χ2n) is 8.15. The van der Waals surface area contributed by atoms with Gasteiger partial charge in [0.15, 0.2) is 0 Å². The summed E-state index contributed by atoms with van der Waals surface area (Å²) in [4.78, 5) is 19.4. The Kier molecular flexibility index (Phi) is 6.03. The number of aromatic nitrogens is 1.